The van der Waals surface area contributed by atoms with Crippen LogP contribution < -0.4 is 5.32 Å². The van der Waals surface area contributed by atoms with Gasteiger partial charge < -0.3 is 10.4 Å². The highest BCUT2D eigenvalue weighted by molar-refractivity contribution is 6.01. The molecule has 132 valence electrons. The van der Waals surface area contributed by atoms with Gasteiger partial charge in [-0.1, -0.05) is 58.0 Å². The molecule has 1 saturated carbocycles. The van der Waals surface area contributed by atoms with Gasteiger partial charge in [-0.05, 0) is 16.9 Å². The Hall–Kier alpha value is -2.63. The number of H-pyrrole nitrogens is 1. The number of carbonyl (C=O) groups excluding carboxylic acids is 1. The van der Waals surface area contributed by atoms with Crippen molar-refractivity contribution in [3.05, 3.63) is 36.0 Å². The molecule has 1 aliphatic rings. The summed E-state index contributed by atoms with van der Waals surface area (Å²) < 4.78 is 0. The second kappa shape index (κ2) is 6.02. The molecular weight excluding hydrogens is 318 g/mol. The van der Waals surface area contributed by atoms with Crippen LogP contribution in [0.25, 0.3) is 11.1 Å². The van der Waals surface area contributed by atoms with Gasteiger partial charge in [0.05, 0.1) is 11.8 Å². The second-order valence-corrected chi connectivity index (χ2v) is 7.49. The summed E-state index contributed by atoms with van der Waals surface area (Å²) >= 11 is 0. The average molecular weight is 341 g/mol. The second-order valence-electron chi connectivity index (χ2n) is 7.49. The maximum absolute atomic E-state index is 12.6. The Morgan fingerprint density at radius 2 is 1.84 bits per heavy atom. The summed E-state index contributed by atoms with van der Waals surface area (Å²) in [4.78, 5) is 24.0. The highest BCUT2D eigenvalue weighted by atomic mass is 16.4. The highest BCUT2D eigenvalue weighted by Gasteiger charge is 2.66. The number of aliphatic carboxylic acids is 1. The van der Waals surface area contributed by atoms with E-state index in [9.17, 15) is 14.7 Å². The van der Waals surface area contributed by atoms with E-state index >= 15 is 0 Å². The monoisotopic (exact) mass is 341 g/mol. The van der Waals surface area contributed by atoms with Gasteiger partial charge in [0.2, 0.25) is 5.91 Å². The molecule has 1 fully saturated rings. The van der Waals surface area contributed by atoms with Crippen molar-refractivity contribution in [3.8, 4) is 11.1 Å². The van der Waals surface area contributed by atoms with E-state index in [0.29, 0.717) is 5.82 Å². The van der Waals surface area contributed by atoms with Crippen LogP contribution in [0.5, 0.6) is 0 Å². The van der Waals surface area contributed by atoms with E-state index in [4.69, 9.17) is 0 Å². The lowest BCUT2D eigenvalue weighted by Crippen LogP contribution is -2.18. The zero-order valence-electron chi connectivity index (χ0n) is 14.8. The van der Waals surface area contributed by atoms with Crippen molar-refractivity contribution in [2.75, 3.05) is 5.32 Å². The van der Waals surface area contributed by atoms with E-state index in [1.54, 1.807) is 13.8 Å². The standard InChI is InChI=1S/C19H23N3O3/c1-10(2)15-12(11-8-6-5-7-9-11)16(22-21-15)20-17(23)13-14(18(24)25)19(13,3)4/h5-10,13-14H,1-4H3,(H,24,25)(H2,20,21,22,23)/t13-,14+/m1/s1. The first-order valence-corrected chi connectivity index (χ1v) is 8.42. The van der Waals surface area contributed by atoms with Gasteiger partial charge in [0, 0.05) is 11.3 Å². The van der Waals surface area contributed by atoms with E-state index in [-0.39, 0.29) is 11.8 Å². The van der Waals surface area contributed by atoms with Gasteiger partial charge in [0.15, 0.2) is 5.82 Å². The summed E-state index contributed by atoms with van der Waals surface area (Å²) in [5.41, 5.74) is 2.21. The predicted octanol–water partition coefficient (Wildman–Crippen LogP) is 3.50. The minimum atomic E-state index is -0.932. The van der Waals surface area contributed by atoms with Crippen LogP contribution in [0.1, 0.15) is 39.3 Å². The molecule has 6 heteroatoms. The molecule has 6 nitrogen and oxygen atoms in total. The summed E-state index contributed by atoms with van der Waals surface area (Å²) in [5, 5.41) is 19.4. The fourth-order valence-electron chi connectivity index (χ4n) is 3.54. The van der Waals surface area contributed by atoms with E-state index < -0.39 is 23.2 Å². The van der Waals surface area contributed by atoms with Gasteiger partial charge in [-0.25, -0.2) is 0 Å². The largest absolute Gasteiger partial charge is 0.481 e. The fraction of sp³-hybridized carbons (Fsp3) is 0.421. The number of hydrogen-bond acceptors (Lipinski definition) is 3. The summed E-state index contributed by atoms with van der Waals surface area (Å²) in [7, 11) is 0. The Morgan fingerprint density at radius 3 is 2.36 bits per heavy atom. The van der Waals surface area contributed by atoms with Crippen LogP contribution in [0.4, 0.5) is 5.82 Å². The molecule has 25 heavy (non-hydrogen) atoms. The number of rotatable bonds is 5. The zero-order valence-corrected chi connectivity index (χ0v) is 14.8. The number of nitrogens with zero attached hydrogens (tertiary/aromatic N) is 1. The lowest BCUT2D eigenvalue weighted by molar-refractivity contribution is -0.140. The number of aromatic nitrogens is 2. The first-order chi connectivity index (χ1) is 11.7. The van der Waals surface area contributed by atoms with Gasteiger partial charge in [0.25, 0.3) is 0 Å². The number of nitrogens with one attached hydrogen (secondary N) is 2. The summed E-state index contributed by atoms with van der Waals surface area (Å²) in [6.45, 7) is 7.71. The first-order valence-electron chi connectivity index (χ1n) is 8.42. The topological polar surface area (TPSA) is 95.1 Å². The van der Waals surface area contributed by atoms with Crippen LogP contribution in [-0.2, 0) is 9.59 Å². The van der Waals surface area contributed by atoms with Crippen LogP contribution in [0.3, 0.4) is 0 Å². The van der Waals surface area contributed by atoms with Crippen LogP contribution in [0.2, 0.25) is 0 Å². The molecule has 0 unspecified atom stereocenters. The molecule has 1 heterocycles. The zero-order chi connectivity index (χ0) is 18.4. The third kappa shape index (κ3) is 2.92. The third-order valence-electron chi connectivity index (χ3n) is 5.05. The fourth-order valence-corrected chi connectivity index (χ4v) is 3.54. The Kier molecular flexibility index (Phi) is 4.14. The number of amides is 1. The van der Waals surface area contributed by atoms with Crippen molar-refractivity contribution in [2.45, 2.75) is 33.6 Å². The lowest BCUT2D eigenvalue weighted by Gasteiger charge is -2.10. The van der Waals surface area contributed by atoms with E-state index in [1.165, 1.54) is 0 Å². The number of benzene rings is 1. The summed E-state index contributed by atoms with van der Waals surface area (Å²) in [5.74, 6) is -1.78. The van der Waals surface area contributed by atoms with Crippen molar-refractivity contribution >= 4 is 17.7 Å². The van der Waals surface area contributed by atoms with Gasteiger partial charge in [-0.2, -0.15) is 5.10 Å². The van der Waals surface area contributed by atoms with Crippen molar-refractivity contribution in [1.29, 1.82) is 0 Å². The van der Waals surface area contributed by atoms with Gasteiger partial charge in [0.1, 0.15) is 0 Å². The number of aromatic amines is 1. The van der Waals surface area contributed by atoms with Crippen molar-refractivity contribution in [3.63, 3.8) is 0 Å². The molecular formula is C19H23N3O3. The van der Waals surface area contributed by atoms with Crippen LogP contribution in [0.15, 0.2) is 30.3 Å². The van der Waals surface area contributed by atoms with Crippen LogP contribution >= 0.6 is 0 Å². The number of hydrogen-bond donors (Lipinski definition) is 3. The number of carboxylic acids is 1. The summed E-state index contributed by atoms with van der Waals surface area (Å²) in [6, 6.07) is 9.73. The van der Waals surface area contributed by atoms with Crippen LogP contribution in [-0.4, -0.2) is 27.2 Å². The minimum Gasteiger partial charge on any atom is -0.481 e. The van der Waals surface area contributed by atoms with Crippen LogP contribution in [0, 0.1) is 17.3 Å². The molecule has 2 aromatic rings. The molecule has 1 amide bonds. The van der Waals surface area contributed by atoms with Gasteiger partial charge in [-0.15, -0.1) is 0 Å². The number of anilines is 1. The van der Waals surface area contributed by atoms with E-state index in [1.807, 2.05) is 30.3 Å². The molecule has 3 rings (SSSR count). The molecule has 0 aliphatic heterocycles. The molecule has 0 spiro atoms. The van der Waals surface area contributed by atoms with Crippen molar-refractivity contribution in [1.82, 2.24) is 10.2 Å². The Balaban J connectivity index is 1.92. The first kappa shape index (κ1) is 17.2. The third-order valence-corrected chi connectivity index (χ3v) is 5.05. The van der Waals surface area contributed by atoms with Crippen molar-refractivity contribution < 1.29 is 14.7 Å². The lowest BCUT2D eigenvalue weighted by atomic mass is 9.99. The predicted molar refractivity (Wildman–Crippen MR) is 95.1 cm³/mol. The molecule has 1 aromatic heterocycles. The normalized spacial score (nSPS) is 21.2. The SMILES string of the molecule is CC(C)c1[nH]nc(NC(=O)[C@H]2[C@@H](C(=O)O)C2(C)C)c1-c1ccccc1. The Labute approximate surface area is 146 Å². The number of carboxylic acid groups (broad SMARTS) is 1. The van der Waals surface area contributed by atoms with Crippen molar-refractivity contribution in [2.24, 2.45) is 17.3 Å². The average Bonchev–Trinajstić information content (AvgIpc) is 2.92. The highest BCUT2D eigenvalue weighted by Crippen LogP contribution is 2.58. The van der Waals surface area contributed by atoms with E-state index in [0.717, 1.165) is 16.8 Å². The molecule has 0 saturated heterocycles. The van der Waals surface area contributed by atoms with Gasteiger partial charge in [-0.3, -0.25) is 14.7 Å². The molecule has 1 aromatic carbocycles. The molecule has 1 aliphatic carbocycles. The maximum Gasteiger partial charge on any atom is 0.307 e. The quantitative estimate of drug-likeness (QED) is 0.776. The smallest absolute Gasteiger partial charge is 0.307 e. The van der Waals surface area contributed by atoms with Gasteiger partial charge >= 0.3 is 5.97 Å². The Morgan fingerprint density at radius 1 is 1.20 bits per heavy atom. The summed E-state index contributed by atoms with van der Waals surface area (Å²) in [6.07, 6.45) is 0. The molecule has 0 radical (unpaired) electrons. The maximum atomic E-state index is 12.6. The Bertz CT molecular complexity index is 809. The number of carbonyl (C=O) groups is 2. The molecule has 3 N–H and O–H groups in total. The minimum absolute atomic E-state index is 0.206. The van der Waals surface area contributed by atoms with E-state index in [2.05, 4.69) is 29.4 Å². The molecule has 0 bridgehead atoms. The molecule has 2 atom stereocenters.